The first-order chi connectivity index (χ1) is 8.02. The normalized spacial score (nSPS) is 11.5. The lowest BCUT2D eigenvalue weighted by Gasteiger charge is -2.27. The summed E-state index contributed by atoms with van der Waals surface area (Å²) in [6, 6.07) is 4.38. The van der Waals surface area contributed by atoms with Crippen LogP contribution in [0.1, 0.15) is 33.4 Å². The molecule has 0 saturated carbocycles. The Morgan fingerprint density at radius 3 is 2.59 bits per heavy atom. The number of anilines is 1. The van der Waals surface area contributed by atoms with Crippen molar-refractivity contribution in [2.45, 2.75) is 40.3 Å². The van der Waals surface area contributed by atoms with E-state index in [1.54, 1.807) is 6.20 Å². The molecule has 96 valence electrons. The number of nitrogen functional groups attached to an aromatic ring is 1. The van der Waals surface area contributed by atoms with Crippen molar-refractivity contribution in [3.63, 3.8) is 0 Å². The Morgan fingerprint density at radius 1 is 1.35 bits per heavy atom. The van der Waals surface area contributed by atoms with E-state index in [9.17, 15) is 0 Å². The van der Waals surface area contributed by atoms with Crippen molar-refractivity contribution in [2.75, 3.05) is 12.0 Å². The summed E-state index contributed by atoms with van der Waals surface area (Å²) < 4.78 is 0. The van der Waals surface area contributed by atoms with Crippen LogP contribution in [0.3, 0.4) is 0 Å². The van der Waals surface area contributed by atoms with Gasteiger partial charge in [0.2, 0.25) is 0 Å². The first kappa shape index (κ1) is 13.9. The van der Waals surface area contributed by atoms with Crippen LogP contribution in [0.25, 0.3) is 0 Å². The van der Waals surface area contributed by atoms with Crippen molar-refractivity contribution >= 4 is 5.69 Å². The standard InChI is InChI=1S/C13H24N4/c1-10(2)8-17(11(3)4)9-13-7-12(16-14)5-6-15-13/h5-7,10-11H,8-9,14H2,1-4H3,(H,15,16). The van der Waals surface area contributed by atoms with Gasteiger partial charge in [0.05, 0.1) is 11.4 Å². The Hall–Kier alpha value is -1.13. The zero-order chi connectivity index (χ0) is 12.8. The van der Waals surface area contributed by atoms with E-state index in [1.807, 2.05) is 12.1 Å². The van der Waals surface area contributed by atoms with Crippen molar-refractivity contribution in [3.05, 3.63) is 24.0 Å². The number of aromatic nitrogens is 1. The molecular weight excluding hydrogens is 212 g/mol. The van der Waals surface area contributed by atoms with Crippen molar-refractivity contribution in [1.29, 1.82) is 0 Å². The van der Waals surface area contributed by atoms with Crippen molar-refractivity contribution < 1.29 is 0 Å². The van der Waals surface area contributed by atoms with E-state index >= 15 is 0 Å². The molecule has 0 amide bonds. The van der Waals surface area contributed by atoms with E-state index in [1.165, 1.54) is 0 Å². The molecule has 0 atom stereocenters. The highest BCUT2D eigenvalue weighted by Crippen LogP contribution is 2.12. The minimum atomic E-state index is 0.522. The lowest BCUT2D eigenvalue weighted by Crippen LogP contribution is -2.33. The minimum absolute atomic E-state index is 0.522. The monoisotopic (exact) mass is 236 g/mol. The fourth-order valence-corrected chi connectivity index (χ4v) is 1.79. The topological polar surface area (TPSA) is 54.2 Å². The van der Waals surface area contributed by atoms with Crippen molar-refractivity contribution in [1.82, 2.24) is 9.88 Å². The average molecular weight is 236 g/mol. The molecule has 4 heteroatoms. The second kappa shape index (κ2) is 6.57. The first-order valence-electron chi connectivity index (χ1n) is 6.18. The number of hydrogen-bond donors (Lipinski definition) is 2. The van der Waals surface area contributed by atoms with Gasteiger partial charge in [-0.25, -0.2) is 0 Å². The van der Waals surface area contributed by atoms with Crippen LogP contribution in [0.5, 0.6) is 0 Å². The molecule has 0 aliphatic carbocycles. The van der Waals surface area contributed by atoms with E-state index in [4.69, 9.17) is 5.84 Å². The molecule has 4 nitrogen and oxygen atoms in total. The molecule has 0 aromatic carbocycles. The van der Waals surface area contributed by atoms with E-state index in [0.717, 1.165) is 24.5 Å². The van der Waals surface area contributed by atoms with Gasteiger partial charge in [-0.05, 0) is 31.9 Å². The lowest BCUT2D eigenvalue weighted by molar-refractivity contribution is 0.187. The predicted octanol–water partition coefficient (Wildman–Crippen LogP) is 2.23. The number of pyridine rings is 1. The Bertz CT molecular complexity index is 336. The lowest BCUT2D eigenvalue weighted by atomic mass is 10.1. The Kier molecular flexibility index (Phi) is 5.38. The summed E-state index contributed by atoms with van der Waals surface area (Å²) in [5.74, 6) is 6.06. The number of hydrogen-bond acceptors (Lipinski definition) is 4. The van der Waals surface area contributed by atoms with Crippen LogP contribution in [0.2, 0.25) is 0 Å². The highest BCUT2D eigenvalue weighted by molar-refractivity contribution is 5.41. The Labute approximate surface area is 104 Å². The molecule has 17 heavy (non-hydrogen) atoms. The summed E-state index contributed by atoms with van der Waals surface area (Å²) >= 11 is 0. The van der Waals surface area contributed by atoms with Gasteiger partial charge in [-0.3, -0.25) is 15.7 Å². The fraction of sp³-hybridized carbons (Fsp3) is 0.615. The van der Waals surface area contributed by atoms with Gasteiger partial charge in [0.15, 0.2) is 0 Å². The quantitative estimate of drug-likeness (QED) is 0.587. The molecule has 0 aliphatic rings. The van der Waals surface area contributed by atoms with Crippen LogP contribution in [-0.4, -0.2) is 22.5 Å². The number of nitrogens with two attached hydrogens (primary N) is 1. The number of hydrazine groups is 1. The SMILES string of the molecule is CC(C)CN(Cc1cc(NN)ccn1)C(C)C. The maximum absolute atomic E-state index is 5.40. The molecule has 3 N–H and O–H groups in total. The molecule has 1 rings (SSSR count). The Morgan fingerprint density at radius 2 is 2.06 bits per heavy atom. The van der Waals surface area contributed by atoms with Gasteiger partial charge in [0.1, 0.15) is 0 Å². The summed E-state index contributed by atoms with van der Waals surface area (Å²) in [5.41, 5.74) is 4.61. The smallest absolute Gasteiger partial charge is 0.0565 e. The van der Waals surface area contributed by atoms with E-state index < -0.39 is 0 Å². The molecule has 0 aliphatic heterocycles. The van der Waals surface area contributed by atoms with Crippen LogP contribution in [0.4, 0.5) is 5.69 Å². The molecule has 1 heterocycles. The third kappa shape index (κ3) is 4.71. The molecule has 1 aromatic heterocycles. The highest BCUT2D eigenvalue weighted by atomic mass is 15.2. The molecular formula is C13H24N4. The van der Waals surface area contributed by atoms with Crippen LogP contribution in [0.15, 0.2) is 18.3 Å². The summed E-state index contributed by atoms with van der Waals surface area (Å²) in [6.07, 6.45) is 1.79. The minimum Gasteiger partial charge on any atom is -0.324 e. The fourth-order valence-electron chi connectivity index (χ4n) is 1.79. The molecule has 0 radical (unpaired) electrons. The van der Waals surface area contributed by atoms with E-state index in [0.29, 0.717) is 12.0 Å². The zero-order valence-electron chi connectivity index (χ0n) is 11.3. The summed E-state index contributed by atoms with van der Waals surface area (Å²) in [5, 5.41) is 0. The molecule has 0 bridgehead atoms. The second-order valence-electron chi connectivity index (χ2n) is 5.10. The van der Waals surface area contributed by atoms with Gasteiger partial charge in [0, 0.05) is 25.3 Å². The largest absolute Gasteiger partial charge is 0.324 e. The zero-order valence-corrected chi connectivity index (χ0v) is 11.3. The number of nitrogens with one attached hydrogen (secondary N) is 1. The maximum Gasteiger partial charge on any atom is 0.0565 e. The first-order valence-corrected chi connectivity index (χ1v) is 6.18. The van der Waals surface area contributed by atoms with Crippen LogP contribution in [-0.2, 0) is 6.54 Å². The second-order valence-corrected chi connectivity index (χ2v) is 5.10. The average Bonchev–Trinajstić information content (AvgIpc) is 2.27. The van der Waals surface area contributed by atoms with Gasteiger partial charge < -0.3 is 5.43 Å². The summed E-state index contributed by atoms with van der Waals surface area (Å²) in [7, 11) is 0. The van der Waals surface area contributed by atoms with Gasteiger partial charge in [-0.15, -0.1) is 0 Å². The third-order valence-corrected chi connectivity index (χ3v) is 2.68. The predicted molar refractivity (Wildman–Crippen MR) is 72.4 cm³/mol. The molecule has 1 aromatic rings. The van der Waals surface area contributed by atoms with E-state index in [-0.39, 0.29) is 0 Å². The Balaban J connectivity index is 2.71. The molecule has 0 saturated heterocycles. The molecule has 0 spiro atoms. The third-order valence-electron chi connectivity index (χ3n) is 2.68. The van der Waals surface area contributed by atoms with Crippen LogP contribution >= 0.6 is 0 Å². The van der Waals surface area contributed by atoms with Gasteiger partial charge >= 0.3 is 0 Å². The molecule has 0 unspecified atom stereocenters. The highest BCUT2D eigenvalue weighted by Gasteiger charge is 2.12. The maximum atomic E-state index is 5.40. The number of rotatable bonds is 6. The number of nitrogens with zero attached hydrogens (tertiary/aromatic N) is 2. The summed E-state index contributed by atoms with van der Waals surface area (Å²) in [6.45, 7) is 10.9. The van der Waals surface area contributed by atoms with Crippen LogP contribution < -0.4 is 11.3 Å². The summed E-state index contributed by atoms with van der Waals surface area (Å²) in [4.78, 5) is 6.80. The molecule has 0 fully saturated rings. The van der Waals surface area contributed by atoms with Crippen molar-refractivity contribution in [3.8, 4) is 0 Å². The van der Waals surface area contributed by atoms with Crippen LogP contribution in [0, 0.1) is 5.92 Å². The van der Waals surface area contributed by atoms with Gasteiger partial charge in [-0.2, -0.15) is 0 Å². The van der Waals surface area contributed by atoms with E-state index in [2.05, 4.69) is 43.0 Å². The van der Waals surface area contributed by atoms with Gasteiger partial charge in [0.25, 0.3) is 0 Å². The van der Waals surface area contributed by atoms with Crippen molar-refractivity contribution in [2.24, 2.45) is 11.8 Å². The van der Waals surface area contributed by atoms with Gasteiger partial charge in [-0.1, -0.05) is 13.8 Å².